The second kappa shape index (κ2) is 5.54. The number of piperidine rings is 1. The van der Waals surface area contributed by atoms with Gasteiger partial charge < -0.3 is 15.0 Å². The van der Waals surface area contributed by atoms with Gasteiger partial charge in [-0.2, -0.15) is 0 Å². The van der Waals surface area contributed by atoms with Gasteiger partial charge in [-0.15, -0.1) is 0 Å². The molecule has 2 fully saturated rings. The Bertz CT molecular complexity index is 580. The highest BCUT2D eigenvalue weighted by atomic mass is 19.1. The molecule has 1 aromatic carbocycles. The van der Waals surface area contributed by atoms with E-state index >= 15 is 0 Å². The fourth-order valence-electron chi connectivity index (χ4n) is 4.15. The van der Waals surface area contributed by atoms with Crippen LogP contribution in [0.1, 0.15) is 32.1 Å². The van der Waals surface area contributed by atoms with Crippen LogP contribution in [0, 0.1) is 11.7 Å². The summed E-state index contributed by atoms with van der Waals surface area (Å²) in [6.07, 6.45) is 5.28. The van der Waals surface area contributed by atoms with Crippen molar-refractivity contribution in [1.29, 1.82) is 0 Å². The van der Waals surface area contributed by atoms with Crippen molar-refractivity contribution in [2.45, 2.75) is 44.2 Å². The molecular formula is C17H21FN2O2. The van der Waals surface area contributed by atoms with Gasteiger partial charge in [0.15, 0.2) is 0 Å². The average molecular weight is 304 g/mol. The van der Waals surface area contributed by atoms with Crippen molar-refractivity contribution >= 4 is 11.6 Å². The van der Waals surface area contributed by atoms with Crippen LogP contribution in [-0.4, -0.2) is 31.1 Å². The van der Waals surface area contributed by atoms with Crippen LogP contribution in [-0.2, 0) is 4.79 Å². The van der Waals surface area contributed by atoms with E-state index in [0.717, 1.165) is 12.8 Å². The number of carbonyl (C=O) groups is 1. The Labute approximate surface area is 129 Å². The summed E-state index contributed by atoms with van der Waals surface area (Å²) in [5.74, 6) is 0.758. The quantitative estimate of drug-likeness (QED) is 0.912. The Morgan fingerprint density at radius 3 is 2.86 bits per heavy atom. The van der Waals surface area contributed by atoms with Crippen molar-refractivity contribution in [2.75, 3.05) is 18.1 Å². The zero-order chi connectivity index (χ0) is 15.1. The molecule has 1 aromatic rings. The van der Waals surface area contributed by atoms with Crippen LogP contribution in [0.5, 0.6) is 5.75 Å². The molecule has 2 bridgehead atoms. The number of anilines is 1. The largest absolute Gasteiger partial charge is 0.489 e. The van der Waals surface area contributed by atoms with Crippen LogP contribution in [0.15, 0.2) is 18.2 Å². The number of fused-ring (bicyclic) bond motifs is 3. The predicted octanol–water partition coefficient (Wildman–Crippen LogP) is 2.47. The molecule has 4 nitrogen and oxygen atoms in total. The Morgan fingerprint density at radius 1 is 1.32 bits per heavy atom. The number of nitrogens with one attached hydrogen (secondary N) is 1. The molecule has 0 radical (unpaired) electrons. The summed E-state index contributed by atoms with van der Waals surface area (Å²) in [7, 11) is 0. The van der Waals surface area contributed by atoms with Gasteiger partial charge in [-0.1, -0.05) is 0 Å². The summed E-state index contributed by atoms with van der Waals surface area (Å²) in [6, 6.07) is 5.59. The van der Waals surface area contributed by atoms with Crippen LogP contribution in [0.3, 0.4) is 0 Å². The summed E-state index contributed by atoms with van der Waals surface area (Å²) in [6.45, 7) is 0.981. The topological polar surface area (TPSA) is 41.6 Å². The first kappa shape index (κ1) is 14.0. The molecule has 0 aromatic heterocycles. The van der Waals surface area contributed by atoms with E-state index in [1.165, 1.54) is 25.0 Å². The predicted molar refractivity (Wildman–Crippen MR) is 81.5 cm³/mol. The van der Waals surface area contributed by atoms with Gasteiger partial charge in [0.05, 0.1) is 12.2 Å². The average Bonchev–Trinajstić information content (AvgIpc) is 2.85. The van der Waals surface area contributed by atoms with Crippen LogP contribution < -0.4 is 15.0 Å². The fraction of sp³-hybridized carbons (Fsp3) is 0.588. The first-order valence-corrected chi connectivity index (χ1v) is 8.18. The molecule has 4 rings (SSSR count). The summed E-state index contributed by atoms with van der Waals surface area (Å²) in [5.41, 5.74) is 0.703. The number of amides is 1. The molecule has 1 N–H and O–H groups in total. The molecule has 1 amide bonds. The molecule has 3 aliphatic heterocycles. The van der Waals surface area contributed by atoms with Gasteiger partial charge in [0.1, 0.15) is 18.2 Å². The third-order valence-corrected chi connectivity index (χ3v) is 5.12. The second-order valence-electron chi connectivity index (χ2n) is 6.69. The maximum Gasteiger partial charge on any atom is 0.227 e. The number of carbonyl (C=O) groups excluding carboxylic acids is 1. The third kappa shape index (κ3) is 2.58. The Kier molecular flexibility index (Phi) is 3.53. The van der Waals surface area contributed by atoms with E-state index < -0.39 is 0 Å². The van der Waals surface area contributed by atoms with Crippen LogP contribution in [0.4, 0.5) is 10.1 Å². The smallest absolute Gasteiger partial charge is 0.227 e. The first-order chi connectivity index (χ1) is 10.7. The van der Waals surface area contributed by atoms with Crippen LogP contribution >= 0.6 is 0 Å². The molecular weight excluding hydrogens is 283 g/mol. The normalized spacial score (nSPS) is 29.9. The molecule has 3 heterocycles. The van der Waals surface area contributed by atoms with Crippen molar-refractivity contribution in [3.63, 3.8) is 0 Å². The lowest BCUT2D eigenvalue weighted by Gasteiger charge is -2.33. The van der Waals surface area contributed by atoms with Gasteiger partial charge in [0, 0.05) is 24.6 Å². The number of rotatable bonds is 2. The monoisotopic (exact) mass is 304 g/mol. The fourth-order valence-corrected chi connectivity index (χ4v) is 4.15. The van der Waals surface area contributed by atoms with E-state index in [-0.39, 0.29) is 11.7 Å². The van der Waals surface area contributed by atoms with Gasteiger partial charge in [-0.05, 0) is 43.7 Å². The van der Waals surface area contributed by atoms with E-state index in [4.69, 9.17) is 4.74 Å². The number of benzene rings is 1. The van der Waals surface area contributed by atoms with Crippen molar-refractivity contribution < 1.29 is 13.9 Å². The van der Waals surface area contributed by atoms with E-state index in [1.54, 1.807) is 11.0 Å². The second-order valence-corrected chi connectivity index (χ2v) is 6.69. The van der Waals surface area contributed by atoms with E-state index in [0.29, 0.717) is 49.0 Å². The maximum absolute atomic E-state index is 13.3. The molecule has 0 spiro atoms. The Balaban J connectivity index is 1.47. The van der Waals surface area contributed by atoms with Crippen molar-refractivity contribution in [2.24, 2.45) is 5.92 Å². The Morgan fingerprint density at radius 2 is 2.09 bits per heavy atom. The summed E-state index contributed by atoms with van der Waals surface area (Å²) in [4.78, 5) is 14.5. The molecule has 2 unspecified atom stereocenters. The Hall–Kier alpha value is -1.62. The summed E-state index contributed by atoms with van der Waals surface area (Å²) < 4.78 is 18.8. The SMILES string of the molecule is O=C(CC1CC2CCC(C1)N2)N1CCOc2cc(F)ccc21. The van der Waals surface area contributed by atoms with Gasteiger partial charge in [0.2, 0.25) is 5.91 Å². The molecule has 22 heavy (non-hydrogen) atoms. The molecule has 0 aliphatic carbocycles. The minimum Gasteiger partial charge on any atom is -0.489 e. The lowest BCUT2D eigenvalue weighted by molar-refractivity contribution is -0.120. The van der Waals surface area contributed by atoms with E-state index in [9.17, 15) is 9.18 Å². The highest BCUT2D eigenvalue weighted by Gasteiger charge is 2.35. The number of ether oxygens (including phenoxy) is 1. The zero-order valence-corrected chi connectivity index (χ0v) is 12.6. The number of nitrogens with zero attached hydrogens (tertiary/aromatic N) is 1. The van der Waals surface area contributed by atoms with Crippen LogP contribution in [0.25, 0.3) is 0 Å². The molecule has 118 valence electrons. The highest BCUT2D eigenvalue weighted by molar-refractivity contribution is 5.95. The minimum absolute atomic E-state index is 0.141. The lowest BCUT2D eigenvalue weighted by Crippen LogP contribution is -2.42. The number of hydrogen-bond acceptors (Lipinski definition) is 3. The summed E-state index contributed by atoms with van der Waals surface area (Å²) >= 11 is 0. The van der Waals surface area contributed by atoms with Crippen molar-refractivity contribution in [3.8, 4) is 5.75 Å². The maximum atomic E-state index is 13.3. The molecule has 5 heteroatoms. The highest BCUT2D eigenvalue weighted by Crippen LogP contribution is 2.36. The molecule has 2 saturated heterocycles. The van der Waals surface area contributed by atoms with Crippen LogP contribution in [0.2, 0.25) is 0 Å². The third-order valence-electron chi connectivity index (χ3n) is 5.12. The zero-order valence-electron chi connectivity index (χ0n) is 12.6. The molecule has 2 atom stereocenters. The number of halogens is 1. The van der Waals surface area contributed by atoms with Crippen molar-refractivity contribution in [1.82, 2.24) is 5.32 Å². The van der Waals surface area contributed by atoms with Gasteiger partial charge in [-0.3, -0.25) is 4.79 Å². The summed E-state index contributed by atoms with van der Waals surface area (Å²) in [5, 5.41) is 3.61. The van der Waals surface area contributed by atoms with Crippen molar-refractivity contribution in [3.05, 3.63) is 24.0 Å². The van der Waals surface area contributed by atoms with E-state index in [1.807, 2.05) is 0 Å². The van der Waals surface area contributed by atoms with E-state index in [2.05, 4.69) is 5.32 Å². The lowest BCUT2D eigenvalue weighted by atomic mass is 9.89. The number of hydrogen-bond donors (Lipinski definition) is 1. The minimum atomic E-state index is -0.331. The first-order valence-electron chi connectivity index (χ1n) is 8.18. The molecule has 0 saturated carbocycles. The van der Waals surface area contributed by atoms with Gasteiger partial charge >= 0.3 is 0 Å². The van der Waals surface area contributed by atoms with Gasteiger partial charge in [0.25, 0.3) is 0 Å². The molecule has 3 aliphatic rings. The standard InChI is InChI=1S/C17H21FN2O2/c18-12-1-4-15-16(10-12)22-6-5-20(15)17(21)9-11-7-13-2-3-14(8-11)19-13/h1,4,10-11,13-14,19H,2-3,5-9H2. The van der Waals surface area contributed by atoms with Gasteiger partial charge in [-0.25, -0.2) is 4.39 Å².